The molecule has 0 spiro atoms. The lowest BCUT2D eigenvalue weighted by Crippen LogP contribution is -2.38. The van der Waals surface area contributed by atoms with Crippen LogP contribution in [0.3, 0.4) is 0 Å². The monoisotopic (exact) mass is 292 g/mol. The van der Waals surface area contributed by atoms with E-state index in [1.165, 1.54) is 43.7 Å². The molecule has 0 aliphatic carbocycles. The minimum atomic E-state index is 0.595. The molecular weight excluding hydrogens is 264 g/mol. The van der Waals surface area contributed by atoms with E-state index in [-0.39, 0.29) is 0 Å². The van der Waals surface area contributed by atoms with E-state index in [0.717, 1.165) is 0 Å². The third kappa shape index (κ3) is 5.65. The van der Waals surface area contributed by atoms with E-state index in [0.29, 0.717) is 25.9 Å². The second-order valence-corrected chi connectivity index (χ2v) is 5.60. The van der Waals surface area contributed by atoms with Gasteiger partial charge < -0.3 is 19.7 Å². The van der Waals surface area contributed by atoms with E-state index < -0.39 is 0 Å². The zero-order chi connectivity index (χ0) is 14.9. The first-order valence-electron chi connectivity index (χ1n) is 7.96. The van der Waals surface area contributed by atoms with Crippen LogP contribution in [0, 0.1) is 0 Å². The van der Waals surface area contributed by atoms with Gasteiger partial charge in [-0.25, -0.2) is 0 Å². The number of rotatable bonds is 8. The summed E-state index contributed by atoms with van der Waals surface area (Å²) in [7, 11) is 1.69. The average Bonchev–Trinajstić information content (AvgIpc) is 2.53. The van der Waals surface area contributed by atoms with Crippen molar-refractivity contribution in [2.24, 2.45) is 0 Å². The van der Waals surface area contributed by atoms with E-state index in [2.05, 4.69) is 41.4 Å². The lowest BCUT2D eigenvalue weighted by molar-refractivity contribution is 0.0617. The Balaban J connectivity index is 1.78. The molecule has 1 heterocycles. The molecule has 0 amide bonds. The number of likely N-dealkylation sites (tertiary alicyclic amines) is 1. The molecule has 1 fully saturated rings. The Kier molecular flexibility index (Phi) is 7.00. The van der Waals surface area contributed by atoms with Gasteiger partial charge in [-0.1, -0.05) is 19.1 Å². The molecule has 1 aliphatic rings. The van der Waals surface area contributed by atoms with Crippen LogP contribution in [0.5, 0.6) is 0 Å². The van der Waals surface area contributed by atoms with Crippen molar-refractivity contribution in [3.63, 3.8) is 0 Å². The third-order valence-corrected chi connectivity index (χ3v) is 4.03. The first kappa shape index (κ1) is 16.3. The molecule has 1 aromatic rings. The van der Waals surface area contributed by atoms with E-state index in [1.54, 1.807) is 7.11 Å². The molecule has 1 saturated heterocycles. The molecule has 0 bridgehead atoms. The number of hydrogen-bond acceptors (Lipinski definition) is 4. The number of methoxy groups -OCH3 is 1. The Hall–Kier alpha value is -1.10. The van der Waals surface area contributed by atoms with Gasteiger partial charge in [-0.15, -0.1) is 0 Å². The van der Waals surface area contributed by atoms with E-state index in [1.807, 2.05) is 0 Å². The van der Waals surface area contributed by atoms with Crippen molar-refractivity contribution in [2.75, 3.05) is 45.3 Å². The predicted octanol–water partition coefficient (Wildman–Crippen LogP) is 2.75. The number of nitrogens with one attached hydrogen (secondary N) is 1. The standard InChI is InChI=1S/C17H28N2O2/c1-3-19-9-7-16(8-10-19)18-17-6-4-5-15(13-17)14-21-12-11-20-2/h4-6,13,16,18H,3,7-12,14H2,1-2H3. The maximum absolute atomic E-state index is 5.57. The molecule has 2 rings (SSSR count). The van der Waals surface area contributed by atoms with Gasteiger partial charge in [-0.05, 0) is 37.1 Å². The Labute approximate surface area is 128 Å². The van der Waals surface area contributed by atoms with Gasteiger partial charge in [0.05, 0.1) is 19.8 Å². The molecule has 0 radical (unpaired) electrons. The maximum atomic E-state index is 5.57. The Morgan fingerprint density at radius 1 is 1.24 bits per heavy atom. The third-order valence-electron chi connectivity index (χ3n) is 4.03. The first-order chi connectivity index (χ1) is 10.3. The number of ether oxygens (including phenoxy) is 2. The summed E-state index contributed by atoms with van der Waals surface area (Å²) < 4.78 is 10.6. The second-order valence-electron chi connectivity index (χ2n) is 5.60. The minimum absolute atomic E-state index is 0.595. The maximum Gasteiger partial charge on any atom is 0.0718 e. The molecule has 118 valence electrons. The van der Waals surface area contributed by atoms with Crippen molar-refractivity contribution in [2.45, 2.75) is 32.4 Å². The van der Waals surface area contributed by atoms with Gasteiger partial charge in [0.25, 0.3) is 0 Å². The summed E-state index contributed by atoms with van der Waals surface area (Å²) >= 11 is 0. The smallest absolute Gasteiger partial charge is 0.0718 e. The van der Waals surface area contributed by atoms with Crippen LogP contribution in [-0.2, 0) is 16.1 Å². The Bertz CT molecular complexity index is 404. The van der Waals surface area contributed by atoms with Crippen LogP contribution in [0.2, 0.25) is 0 Å². The fourth-order valence-electron chi connectivity index (χ4n) is 2.71. The predicted molar refractivity (Wildman–Crippen MR) is 86.7 cm³/mol. The highest BCUT2D eigenvalue weighted by Crippen LogP contribution is 2.18. The van der Waals surface area contributed by atoms with Crippen LogP contribution in [0.15, 0.2) is 24.3 Å². The van der Waals surface area contributed by atoms with E-state index in [9.17, 15) is 0 Å². The zero-order valence-electron chi connectivity index (χ0n) is 13.3. The summed E-state index contributed by atoms with van der Waals surface area (Å²) in [6.07, 6.45) is 2.45. The van der Waals surface area contributed by atoms with Crippen LogP contribution in [0.4, 0.5) is 5.69 Å². The lowest BCUT2D eigenvalue weighted by atomic mass is 10.0. The average molecular weight is 292 g/mol. The van der Waals surface area contributed by atoms with Crippen molar-refractivity contribution in [1.29, 1.82) is 0 Å². The zero-order valence-corrected chi connectivity index (χ0v) is 13.3. The first-order valence-corrected chi connectivity index (χ1v) is 7.96. The van der Waals surface area contributed by atoms with Gasteiger partial charge in [0.15, 0.2) is 0 Å². The van der Waals surface area contributed by atoms with Crippen molar-refractivity contribution in [3.8, 4) is 0 Å². The molecule has 1 aliphatic heterocycles. The van der Waals surface area contributed by atoms with Gasteiger partial charge in [0.1, 0.15) is 0 Å². The van der Waals surface area contributed by atoms with Crippen molar-refractivity contribution in [3.05, 3.63) is 29.8 Å². The quantitative estimate of drug-likeness (QED) is 0.747. The fraction of sp³-hybridized carbons (Fsp3) is 0.647. The van der Waals surface area contributed by atoms with E-state index >= 15 is 0 Å². The largest absolute Gasteiger partial charge is 0.382 e. The lowest BCUT2D eigenvalue weighted by Gasteiger charge is -2.32. The van der Waals surface area contributed by atoms with Gasteiger partial charge >= 0.3 is 0 Å². The summed E-state index contributed by atoms with van der Waals surface area (Å²) in [6, 6.07) is 9.14. The van der Waals surface area contributed by atoms with Crippen LogP contribution in [-0.4, -0.2) is 50.9 Å². The molecular formula is C17H28N2O2. The van der Waals surface area contributed by atoms with Crippen molar-refractivity contribution >= 4 is 5.69 Å². The number of hydrogen-bond donors (Lipinski definition) is 1. The Morgan fingerprint density at radius 2 is 2.05 bits per heavy atom. The van der Waals surface area contributed by atoms with Crippen LogP contribution >= 0.6 is 0 Å². The van der Waals surface area contributed by atoms with Crippen LogP contribution in [0.1, 0.15) is 25.3 Å². The van der Waals surface area contributed by atoms with Gasteiger partial charge in [-0.3, -0.25) is 0 Å². The fourth-order valence-corrected chi connectivity index (χ4v) is 2.71. The van der Waals surface area contributed by atoms with Crippen molar-refractivity contribution in [1.82, 2.24) is 4.90 Å². The summed E-state index contributed by atoms with van der Waals surface area (Å²) in [6.45, 7) is 7.74. The number of anilines is 1. The van der Waals surface area contributed by atoms with E-state index in [4.69, 9.17) is 9.47 Å². The van der Waals surface area contributed by atoms with Gasteiger partial charge in [0.2, 0.25) is 0 Å². The number of nitrogens with zero attached hydrogens (tertiary/aromatic N) is 1. The topological polar surface area (TPSA) is 33.7 Å². The molecule has 21 heavy (non-hydrogen) atoms. The highest BCUT2D eigenvalue weighted by atomic mass is 16.5. The molecule has 1 N–H and O–H groups in total. The summed E-state index contributed by atoms with van der Waals surface area (Å²) in [5.41, 5.74) is 2.42. The molecule has 1 aromatic carbocycles. The molecule has 0 saturated carbocycles. The highest BCUT2D eigenvalue weighted by Gasteiger charge is 2.17. The molecule has 4 heteroatoms. The minimum Gasteiger partial charge on any atom is -0.382 e. The Morgan fingerprint density at radius 3 is 2.76 bits per heavy atom. The normalized spacial score (nSPS) is 17.0. The van der Waals surface area contributed by atoms with Gasteiger partial charge in [0, 0.05) is 31.9 Å². The summed E-state index contributed by atoms with van der Waals surface area (Å²) in [5, 5.41) is 3.66. The van der Waals surface area contributed by atoms with Crippen LogP contribution < -0.4 is 5.32 Å². The van der Waals surface area contributed by atoms with Crippen molar-refractivity contribution < 1.29 is 9.47 Å². The SMILES string of the molecule is CCN1CCC(Nc2cccc(COCCOC)c2)CC1. The molecule has 0 unspecified atom stereocenters. The molecule has 0 atom stereocenters. The number of benzene rings is 1. The summed E-state index contributed by atoms with van der Waals surface area (Å²) in [4.78, 5) is 2.51. The molecule has 0 aromatic heterocycles. The number of piperidine rings is 1. The summed E-state index contributed by atoms with van der Waals surface area (Å²) in [5.74, 6) is 0. The molecule has 4 nitrogen and oxygen atoms in total. The van der Waals surface area contributed by atoms with Crippen LogP contribution in [0.25, 0.3) is 0 Å². The van der Waals surface area contributed by atoms with Gasteiger partial charge in [-0.2, -0.15) is 0 Å². The highest BCUT2D eigenvalue weighted by molar-refractivity contribution is 5.46. The second kappa shape index (κ2) is 9.03.